The van der Waals surface area contributed by atoms with Gasteiger partial charge in [-0.05, 0) is 42.5 Å². The fourth-order valence-electron chi connectivity index (χ4n) is 2.78. The van der Waals surface area contributed by atoms with E-state index in [0.717, 1.165) is 24.3 Å². The van der Waals surface area contributed by atoms with Crippen molar-refractivity contribution in [3.8, 4) is 0 Å². The number of carboxylic acids is 1. The lowest BCUT2D eigenvalue weighted by Gasteiger charge is -2.26. The molecule has 0 fully saturated rings. The molecule has 1 atom stereocenters. The van der Waals surface area contributed by atoms with Gasteiger partial charge < -0.3 is 10.4 Å². The summed E-state index contributed by atoms with van der Waals surface area (Å²) >= 11 is 1.35. The second-order valence-corrected chi connectivity index (χ2v) is 6.26. The molecule has 1 aromatic carbocycles. The summed E-state index contributed by atoms with van der Waals surface area (Å²) < 4.78 is 0. The predicted molar refractivity (Wildman–Crippen MR) is 80.2 cm³/mol. The molecule has 20 heavy (non-hydrogen) atoms. The van der Waals surface area contributed by atoms with E-state index in [1.807, 2.05) is 6.07 Å². The van der Waals surface area contributed by atoms with Crippen LogP contribution in [0.3, 0.4) is 0 Å². The van der Waals surface area contributed by atoms with Crippen LogP contribution in [0.25, 0.3) is 0 Å². The van der Waals surface area contributed by atoms with Gasteiger partial charge in [0.2, 0.25) is 0 Å². The van der Waals surface area contributed by atoms with Crippen molar-refractivity contribution in [2.75, 3.05) is 0 Å². The quantitative estimate of drug-likeness (QED) is 0.903. The number of fused-ring (bicyclic) bond motifs is 1. The fourth-order valence-corrected chi connectivity index (χ4v) is 3.58. The van der Waals surface area contributed by atoms with E-state index < -0.39 is 5.97 Å². The van der Waals surface area contributed by atoms with E-state index in [-0.39, 0.29) is 0 Å². The Morgan fingerprint density at radius 1 is 1.30 bits per heavy atom. The molecule has 0 saturated heterocycles. The van der Waals surface area contributed by atoms with Crippen LogP contribution in [0.15, 0.2) is 36.4 Å². The molecule has 0 radical (unpaired) electrons. The lowest BCUT2D eigenvalue weighted by molar-refractivity contribution is 0.0702. The SMILES string of the molecule is O=C(O)c1ccc(CNC2CCCc3ccccc32)s1. The standard InChI is InChI=1S/C16H17NO2S/c18-16(19)15-9-8-12(20-15)10-17-14-7-3-5-11-4-1-2-6-13(11)14/h1-2,4,6,8-9,14,17H,3,5,7,10H2,(H,18,19). The first-order valence-electron chi connectivity index (χ1n) is 6.87. The summed E-state index contributed by atoms with van der Waals surface area (Å²) in [4.78, 5) is 12.4. The fraction of sp³-hybridized carbons (Fsp3) is 0.312. The smallest absolute Gasteiger partial charge is 0.345 e. The van der Waals surface area contributed by atoms with E-state index in [2.05, 4.69) is 29.6 Å². The van der Waals surface area contributed by atoms with Crippen LogP contribution in [-0.2, 0) is 13.0 Å². The van der Waals surface area contributed by atoms with Crippen LogP contribution >= 0.6 is 11.3 Å². The Kier molecular flexibility index (Phi) is 3.85. The Labute approximate surface area is 122 Å². The summed E-state index contributed by atoms with van der Waals surface area (Å²) in [5.74, 6) is -0.843. The van der Waals surface area contributed by atoms with Gasteiger partial charge in [0.25, 0.3) is 0 Å². The highest BCUT2D eigenvalue weighted by molar-refractivity contribution is 7.13. The molecule has 1 aliphatic carbocycles. The van der Waals surface area contributed by atoms with Gasteiger partial charge in [-0.15, -0.1) is 11.3 Å². The molecule has 1 unspecified atom stereocenters. The highest BCUT2D eigenvalue weighted by atomic mass is 32.1. The van der Waals surface area contributed by atoms with E-state index in [1.54, 1.807) is 6.07 Å². The molecule has 0 amide bonds. The average Bonchev–Trinajstić information content (AvgIpc) is 2.94. The van der Waals surface area contributed by atoms with Crippen molar-refractivity contribution in [1.29, 1.82) is 0 Å². The summed E-state index contributed by atoms with van der Waals surface area (Å²) in [5.41, 5.74) is 2.84. The summed E-state index contributed by atoms with van der Waals surface area (Å²) in [6.45, 7) is 0.733. The average molecular weight is 287 g/mol. The van der Waals surface area contributed by atoms with Gasteiger partial charge in [0.15, 0.2) is 0 Å². The molecule has 1 heterocycles. The zero-order valence-electron chi connectivity index (χ0n) is 11.1. The van der Waals surface area contributed by atoms with E-state index in [9.17, 15) is 4.79 Å². The lowest BCUT2D eigenvalue weighted by Crippen LogP contribution is -2.24. The first kappa shape index (κ1) is 13.3. The third kappa shape index (κ3) is 2.76. The van der Waals surface area contributed by atoms with Gasteiger partial charge in [0, 0.05) is 17.5 Å². The number of nitrogens with one attached hydrogen (secondary N) is 1. The number of thiophene rings is 1. The summed E-state index contributed by atoms with van der Waals surface area (Å²) in [6, 6.07) is 12.6. The Morgan fingerprint density at radius 2 is 2.15 bits per heavy atom. The van der Waals surface area contributed by atoms with Crippen molar-refractivity contribution in [2.45, 2.75) is 31.8 Å². The maximum absolute atomic E-state index is 10.9. The number of hydrogen-bond donors (Lipinski definition) is 2. The number of benzene rings is 1. The monoisotopic (exact) mass is 287 g/mol. The highest BCUT2D eigenvalue weighted by Gasteiger charge is 2.19. The third-order valence-corrected chi connectivity index (χ3v) is 4.84. The van der Waals surface area contributed by atoms with Gasteiger partial charge in [-0.3, -0.25) is 0 Å². The Balaban J connectivity index is 1.68. The van der Waals surface area contributed by atoms with Crippen molar-refractivity contribution in [1.82, 2.24) is 5.32 Å². The summed E-state index contributed by atoms with van der Waals surface area (Å²) in [7, 11) is 0. The van der Waals surface area contributed by atoms with Gasteiger partial charge in [-0.2, -0.15) is 0 Å². The van der Waals surface area contributed by atoms with Gasteiger partial charge in [-0.1, -0.05) is 24.3 Å². The summed E-state index contributed by atoms with van der Waals surface area (Å²) in [6.07, 6.45) is 3.52. The van der Waals surface area contributed by atoms with Crippen molar-refractivity contribution in [3.05, 3.63) is 57.3 Å². The van der Waals surface area contributed by atoms with Crippen LogP contribution in [-0.4, -0.2) is 11.1 Å². The second-order valence-electron chi connectivity index (χ2n) is 5.10. The summed E-state index contributed by atoms with van der Waals surface area (Å²) in [5, 5.41) is 12.5. The molecule has 4 heteroatoms. The molecule has 1 aromatic heterocycles. The molecule has 2 N–H and O–H groups in total. The lowest BCUT2D eigenvalue weighted by atomic mass is 9.88. The number of aromatic carboxylic acids is 1. The highest BCUT2D eigenvalue weighted by Crippen LogP contribution is 2.30. The van der Waals surface area contributed by atoms with E-state index in [1.165, 1.54) is 28.9 Å². The molecule has 0 bridgehead atoms. The number of rotatable bonds is 4. The molecule has 0 spiro atoms. The van der Waals surface area contributed by atoms with Crippen molar-refractivity contribution < 1.29 is 9.90 Å². The predicted octanol–water partition coefficient (Wildman–Crippen LogP) is 3.61. The van der Waals surface area contributed by atoms with Gasteiger partial charge in [0.1, 0.15) is 4.88 Å². The van der Waals surface area contributed by atoms with E-state index in [4.69, 9.17) is 5.11 Å². The Bertz CT molecular complexity index is 620. The maximum atomic E-state index is 10.9. The zero-order valence-corrected chi connectivity index (χ0v) is 12.0. The molecule has 0 saturated carbocycles. The van der Waals surface area contributed by atoms with Crippen LogP contribution < -0.4 is 5.32 Å². The number of hydrogen-bond acceptors (Lipinski definition) is 3. The molecule has 104 valence electrons. The first-order chi connectivity index (χ1) is 9.74. The second kappa shape index (κ2) is 5.77. The largest absolute Gasteiger partial charge is 0.477 e. The molecule has 3 rings (SSSR count). The van der Waals surface area contributed by atoms with Crippen LogP contribution in [0.2, 0.25) is 0 Å². The third-order valence-electron chi connectivity index (χ3n) is 3.76. The number of carbonyl (C=O) groups is 1. The van der Waals surface area contributed by atoms with Crippen LogP contribution in [0.4, 0.5) is 0 Å². The van der Waals surface area contributed by atoms with E-state index >= 15 is 0 Å². The first-order valence-corrected chi connectivity index (χ1v) is 7.69. The van der Waals surface area contributed by atoms with Gasteiger partial charge in [-0.25, -0.2) is 4.79 Å². The number of carboxylic acid groups (broad SMARTS) is 1. The molecule has 2 aromatic rings. The Morgan fingerprint density at radius 3 is 2.95 bits per heavy atom. The van der Waals surface area contributed by atoms with E-state index in [0.29, 0.717) is 10.9 Å². The minimum absolute atomic E-state index is 0.385. The molecule has 3 nitrogen and oxygen atoms in total. The molecular formula is C16H17NO2S. The van der Waals surface area contributed by atoms with Crippen LogP contribution in [0.5, 0.6) is 0 Å². The van der Waals surface area contributed by atoms with Crippen molar-refractivity contribution in [3.63, 3.8) is 0 Å². The normalized spacial score (nSPS) is 17.7. The topological polar surface area (TPSA) is 49.3 Å². The molecule has 0 aliphatic heterocycles. The number of aryl methyl sites for hydroxylation is 1. The van der Waals surface area contributed by atoms with Crippen molar-refractivity contribution in [2.24, 2.45) is 0 Å². The maximum Gasteiger partial charge on any atom is 0.345 e. The minimum Gasteiger partial charge on any atom is -0.477 e. The van der Waals surface area contributed by atoms with Crippen LogP contribution in [0.1, 0.15) is 44.6 Å². The van der Waals surface area contributed by atoms with Gasteiger partial charge in [0.05, 0.1) is 0 Å². The van der Waals surface area contributed by atoms with Crippen molar-refractivity contribution >= 4 is 17.3 Å². The van der Waals surface area contributed by atoms with Crippen LogP contribution in [0, 0.1) is 0 Å². The zero-order chi connectivity index (χ0) is 13.9. The van der Waals surface area contributed by atoms with Gasteiger partial charge >= 0.3 is 5.97 Å². The molecular weight excluding hydrogens is 270 g/mol. The molecule has 1 aliphatic rings. The minimum atomic E-state index is -0.843. The Hall–Kier alpha value is -1.65.